The quantitative estimate of drug-likeness (QED) is 0.795. The van der Waals surface area contributed by atoms with E-state index < -0.39 is 6.04 Å². The maximum absolute atomic E-state index is 12.6. The number of amides is 2. The van der Waals surface area contributed by atoms with Crippen LogP contribution in [0.4, 0.5) is 0 Å². The van der Waals surface area contributed by atoms with Crippen LogP contribution in [0.1, 0.15) is 23.5 Å². The molecule has 0 aliphatic carbocycles. The Morgan fingerprint density at radius 3 is 2.57 bits per heavy atom. The minimum Gasteiger partial charge on any atom is -0.465 e. The summed E-state index contributed by atoms with van der Waals surface area (Å²) in [4.78, 5) is 28.0. The van der Waals surface area contributed by atoms with Gasteiger partial charge >= 0.3 is 0 Å². The normalized spacial score (nSPS) is 18.2. The molecule has 2 amide bonds. The van der Waals surface area contributed by atoms with E-state index in [-0.39, 0.29) is 18.2 Å². The molecule has 5 heteroatoms. The number of likely N-dealkylation sites (N-methyl/N-ethyl adjacent to an activating group) is 1. The Morgan fingerprint density at radius 2 is 1.91 bits per heavy atom. The van der Waals surface area contributed by atoms with E-state index >= 15 is 0 Å². The minimum atomic E-state index is -0.420. The van der Waals surface area contributed by atoms with Gasteiger partial charge in [0, 0.05) is 0 Å². The number of hydrogen-bond donors (Lipinski definition) is 0. The fourth-order valence-electron chi connectivity index (χ4n) is 2.87. The second kappa shape index (κ2) is 6.38. The molecule has 1 aromatic carbocycles. The highest BCUT2D eigenvalue weighted by Gasteiger charge is 2.40. The third-order valence-electron chi connectivity index (χ3n) is 4.14. The van der Waals surface area contributed by atoms with Gasteiger partial charge in [-0.3, -0.25) is 19.4 Å². The number of hydrogen-bond acceptors (Lipinski definition) is 4. The summed E-state index contributed by atoms with van der Waals surface area (Å²) in [6.07, 6.45) is 0.224. The van der Waals surface area contributed by atoms with Crippen LogP contribution < -0.4 is 0 Å². The van der Waals surface area contributed by atoms with Crippen molar-refractivity contribution in [3.63, 3.8) is 0 Å². The van der Waals surface area contributed by atoms with Gasteiger partial charge in [-0.05, 0) is 31.7 Å². The zero-order valence-electron chi connectivity index (χ0n) is 13.4. The van der Waals surface area contributed by atoms with Crippen LogP contribution >= 0.6 is 0 Å². The van der Waals surface area contributed by atoms with Crippen molar-refractivity contribution in [2.45, 2.75) is 32.5 Å². The van der Waals surface area contributed by atoms with Gasteiger partial charge < -0.3 is 4.42 Å². The van der Waals surface area contributed by atoms with Gasteiger partial charge in [-0.1, -0.05) is 30.3 Å². The predicted molar refractivity (Wildman–Crippen MR) is 85.3 cm³/mol. The molecule has 1 aliphatic rings. The maximum Gasteiger partial charge on any atom is 0.247 e. The molecular weight excluding hydrogens is 292 g/mol. The molecule has 0 unspecified atom stereocenters. The number of carbonyl (C=O) groups is 2. The third kappa shape index (κ3) is 3.35. The van der Waals surface area contributed by atoms with E-state index in [4.69, 9.17) is 4.42 Å². The van der Waals surface area contributed by atoms with Gasteiger partial charge in [0.1, 0.15) is 11.5 Å². The first-order chi connectivity index (χ1) is 11.0. The van der Waals surface area contributed by atoms with Crippen LogP contribution in [-0.4, -0.2) is 34.7 Å². The minimum absolute atomic E-state index is 0.119. The van der Waals surface area contributed by atoms with E-state index in [1.54, 1.807) is 0 Å². The first-order valence-corrected chi connectivity index (χ1v) is 7.68. The summed E-state index contributed by atoms with van der Waals surface area (Å²) < 4.78 is 5.55. The summed E-state index contributed by atoms with van der Waals surface area (Å²) in [6.45, 7) is 2.73. The lowest BCUT2D eigenvalue weighted by atomic mass is 10.2. The first-order valence-electron chi connectivity index (χ1n) is 7.68. The SMILES string of the molecule is Cc1ccc(CN(C)[C@@H]2CC(=O)N(Cc3ccccc3)C2=O)o1. The lowest BCUT2D eigenvalue weighted by Crippen LogP contribution is -2.39. The second-order valence-corrected chi connectivity index (χ2v) is 5.95. The van der Waals surface area contributed by atoms with Crippen LogP contribution in [0.2, 0.25) is 0 Å². The standard InChI is InChI=1S/C18H20N2O3/c1-13-8-9-15(23-13)12-19(2)16-10-17(21)20(18(16)22)11-14-6-4-3-5-7-14/h3-9,16H,10-12H2,1-2H3/t16-/m1/s1. The first kappa shape index (κ1) is 15.5. The van der Waals surface area contributed by atoms with Gasteiger partial charge in [0.2, 0.25) is 11.8 Å². The Labute approximate surface area is 135 Å². The van der Waals surface area contributed by atoms with Gasteiger partial charge in [0.05, 0.1) is 25.6 Å². The molecule has 5 nitrogen and oxygen atoms in total. The monoisotopic (exact) mass is 312 g/mol. The van der Waals surface area contributed by atoms with Gasteiger partial charge in [0.25, 0.3) is 0 Å². The predicted octanol–water partition coefficient (Wildman–Crippen LogP) is 2.35. The zero-order valence-corrected chi connectivity index (χ0v) is 13.4. The molecule has 0 spiro atoms. The molecule has 2 aromatic rings. The number of aryl methyl sites for hydroxylation is 1. The van der Waals surface area contributed by atoms with Crippen LogP contribution in [0.3, 0.4) is 0 Å². The highest BCUT2D eigenvalue weighted by Crippen LogP contribution is 2.22. The molecule has 0 bridgehead atoms. The smallest absolute Gasteiger partial charge is 0.247 e. The fraction of sp³-hybridized carbons (Fsp3) is 0.333. The molecule has 1 fully saturated rings. The number of nitrogens with zero attached hydrogens (tertiary/aromatic N) is 2. The lowest BCUT2D eigenvalue weighted by molar-refractivity contribution is -0.140. The summed E-state index contributed by atoms with van der Waals surface area (Å²) >= 11 is 0. The van der Waals surface area contributed by atoms with Crippen molar-refractivity contribution < 1.29 is 14.0 Å². The van der Waals surface area contributed by atoms with E-state index in [0.717, 1.165) is 17.1 Å². The van der Waals surface area contributed by atoms with Crippen molar-refractivity contribution >= 4 is 11.8 Å². The van der Waals surface area contributed by atoms with Crippen molar-refractivity contribution in [3.8, 4) is 0 Å². The number of imide groups is 1. The Bertz CT molecular complexity index is 708. The average Bonchev–Trinajstić information content (AvgIpc) is 3.06. The zero-order chi connectivity index (χ0) is 16.4. The summed E-state index contributed by atoms with van der Waals surface area (Å²) in [5.41, 5.74) is 0.958. The van der Waals surface area contributed by atoms with Crippen molar-refractivity contribution in [1.82, 2.24) is 9.80 Å². The molecule has 1 aromatic heterocycles. The summed E-state index contributed by atoms with van der Waals surface area (Å²) in [5.74, 6) is 1.38. The highest BCUT2D eigenvalue weighted by molar-refractivity contribution is 6.05. The molecule has 0 saturated carbocycles. The van der Waals surface area contributed by atoms with Crippen molar-refractivity contribution in [2.24, 2.45) is 0 Å². The lowest BCUT2D eigenvalue weighted by Gasteiger charge is -2.21. The van der Waals surface area contributed by atoms with Crippen LogP contribution in [0.15, 0.2) is 46.9 Å². The summed E-state index contributed by atoms with van der Waals surface area (Å²) in [7, 11) is 1.85. The molecule has 23 heavy (non-hydrogen) atoms. The fourth-order valence-corrected chi connectivity index (χ4v) is 2.87. The molecule has 2 heterocycles. The number of rotatable bonds is 5. The molecular formula is C18H20N2O3. The summed E-state index contributed by atoms with van der Waals surface area (Å²) in [6, 6.07) is 12.9. The molecule has 1 atom stereocenters. The van der Waals surface area contributed by atoms with Crippen molar-refractivity contribution in [2.75, 3.05) is 7.05 Å². The van der Waals surface area contributed by atoms with Crippen LogP contribution in [0, 0.1) is 6.92 Å². The average molecular weight is 312 g/mol. The van der Waals surface area contributed by atoms with E-state index in [9.17, 15) is 9.59 Å². The van der Waals surface area contributed by atoms with Crippen molar-refractivity contribution in [3.05, 3.63) is 59.5 Å². The van der Waals surface area contributed by atoms with Gasteiger partial charge in [-0.15, -0.1) is 0 Å². The third-order valence-corrected chi connectivity index (χ3v) is 4.14. The largest absolute Gasteiger partial charge is 0.465 e. The molecule has 1 saturated heterocycles. The highest BCUT2D eigenvalue weighted by atomic mass is 16.3. The van der Waals surface area contributed by atoms with Crippen LogP contribution in [0.5, 0.6) is 0 Å². The summed E-state index contributed by atoms with van der Waals surface area (Å²) in [5, 5.41) is 0. The molecule has 0 N–H and O–H groups in total. The van der Waals surface area contributed by atoms with Crippen molar-refractivity contribution in [1.29, 1.82) is 0 Å². The van der Waals surface area contributed by atoms with Crippen LogP contribution in [0.25, 0.3) is 0 Å². The van der Waals surface area contributed by atoms with E-state index in [0.29, 0.717) is 13.1 Å². The maximum atomic E-state index is 12.6. The number of furan rings is 1. The Kier molecular flexibility index (Phi) is 4.30. The molecule has 0 radical (unpaired) electrons. The molecule has 120 valence electrons. The Balaban J connectivity index is 1.68. The Morgan fingerprint density at radius 1 is 1.17 bits per heavy atom. The number of carbonyl (C=O) groups excluding carboxylic acids is 2. The topological polar surface area (TPSA) is 53.8 Å². The van der Waals surface area contributed by atoms with Gasteiger partial charge in [-0.2, -0.15) is 0 Å². The number of likely N-dealkylation sites (tertiary alicyclic amines) is 1. The van der Waals surface area contributed by atoms with Gasteiger partial charge in [0.15, 0.2) is 0 Å². The Hall–Kier alpha value is -2.40. The molecule has 3 rings (SSSR count). The van der Waals surface area contributed by atoms with E-state index in [1.807, 2.05) is 61.3 Å². The van der Waals surface area contributed by atoms with Gasteiger partial charge in [-0.25, -0.2) is 0 Å². The number of benzene rings is 1. The second-order valence-electron chi connectivity index (χ2n) is 5.95. The van der Waals surface area contributed by atoms with E-state index in [2.05, 4.69) is 0 Å². The van der Waals surface area contributed by atoms with Crippen LogP contribution in [-0.2, 0) is 22.7 Å². The van der Waals surface area contributed by atoms with E-state index in [1.165, 1.54) is 4.90 Å². The molecule has 1 aliphatic heterocycles.